The second kappa shape index (κ2) is 7.28. The molecular weight excluding hydrogens is 376 g/mol. The number of hydrogen-bond acceptors (Lipinski definition) is 7. The molecule has 0 saturated heterocycles. The quantitative estimate of drug-likeness (QED) is 0.424. The minimum absolute atomic E-state index is 0.108. The van der Waals surface area contributed by atoms with Crippen LogP contribution in [-0.2, 0) is 10.1 Å². The minimum atomic E-state index is -4.36. The molecule has 0 aromatic heterocycles. The Balaban J connectivity index is 2.33. The maximum absolute atomic E-state index is 12.3. The van der Waals surface area contributed by atoms with E-state index in [-0.39, 0.29) is 10.8 Å². The molecular formula is C14H9ClN2O7S. The van der Waals surface area contributed by atoms with Crippen molar-refractivity contribution < 1.29 is 22.4 Å². The lowest BCUT2D eigenvalue weighted by atomic mass is 10.2. The van der Waals surface area contributed by atoms with Gasteiger partial charge in [0.2, 0.25) is 6.20 Å². The van der Waals surface area contributed by atoms with Crippen molar-refractivity contribution in [1.29, 1.82) is 0 Å². The number of nitro benzene ring substituents is 1. The molecule has 130 valence electrons. The van der Waals surface area contributed by atoms with Gasteiger partial charge in [-0.1, -0.05) is 23.7 Å². The van der Waals surface area contributed by atoms with Crippen molar-refractivity contribution in [3.05, 3.63) is 79.5 Å². The molecule has 0 atom stereocenters. The Bertz CT molecular complexity index is 973. The van der Waals surface area contributed by atoms with Crippen molar-refractivity contribution in [3.8, 4) is 5.75 Å². The average Bonchev–Trinajstić information content (AvgIpc) is 2.52. The molecule has 0 aliphatic carbocycles. The Morgan fingerprint density at radius 3 is 2.44 bits per heavy atom. The van der Waals surface area contributed by atoms with E-state index in [0.717, 1.165) is 24.3 Å². The van der Waals surface area contributed by atoms with Gasteiger partial charge in [0.05, 0.1) is 9.85 Å². The topological polar surface area (TPSA) is 130 Å². The number of benzene rings is 2. The number of nitrogens with zero attached hydrogens (tertiary/aromatic N) is 2. The second-order valence-corrected chi connectivity index (χ2v) is 6.53. The monoisotopic (exact) mass is 384 g/mol. The van der Waals surface area contributed by atoms with Gasteiger partial charge in [-0.2, -0.15) is 8.42 Å². The first-order valence-corrected chi connectivity index (χ1v) is 8.28. The molecule has 0 bridgehead atoms. The van der Waals surface area contributed by atoms with Crippen LogP contribution < -0.4 is 4.18 Å². The summed E-state index contributed by atoms with van der Waals surface area (Å²) < 4.78 is 29.4. The third kappa shape index (κ3) is 4.75. The van der Waals surface area contributed by atoms with Crippen LogP contribution in [0, 0.1) is 20.2 Å². The summed E-state index contributed by atoms with van der Waals surface area (Å²) in [4.78, 5) is 19.2. The van der Waals surface area contributed by atoms with Gasteiger partial charge in [-0.25, -0.2) is 0 Å². The lowest BCUT2D eigenvalue weighted by molar-refractivity contribution is -0.400. The number of rotatable bonds is 6. The van der Waals surface area contributed by atoms with Crippen LogP contribution in [0.1, 0.15) is 5.56 Å². The van der Waals surface area contributed by atoms with E-state index in [0.29, 0.717) is 11.8 Å². The molecule has 0 heterocycles. The van der Waals surface area contributed by atoms with E-state index < -0.39 is 30.5 Å². The summed E-state index contributed by atoms with van der Waals surface area (Å²) in [6, 6.07) is 8.47. The van der Waals surface area contributed by atoms with Gasteiger partial charge in [-0.15, -0.1) is 0 Å². The number of nitro groups is 2. The minimum Gasteiger partial charge on any atom is -0.379 e. The third-order valence-corrected chi connectivity index (χ3v) is 4.42. The van der Waals surface area contributed by atoms with Gasteiger partial charge in [0.1, 0.15) is 15.7 Å². The third-order valence-electron chi connectivity index (χ3n) is 2.86. The average molecular weight is 385 g/mol. The van der Waals surface area contributed by atoms with E-state index in [4.69, 9.17) is 15.8 Å². The molecule has 11 heteroatoms. The summed E-state index contributed by atoms with van der Waals surface area (Å²) in [5.41, 5.74) is -0.236. The Morgan fingerprint density at radius 1 is 1.08 bits per heavy atom. The summed E-state index contributed by atoms with van der Waals surface area (Å²) in [7, 11) is -4.36. The van der Waals surface area contributed by atoms with Crippen molar-refractivity contribution in [2.24, 2.45) is 0 Å². The molecule has 2 rings (SSSR count). The van der Waals surface area contributed by atoms with Crippen LogP contribution in [-0.4, -0.2) is 18.3 Å². The van der Waals surface area contributed by atoms with Crippen molar-refractivity contribution in [3.63, 3.8) is 0 Å². The zero-order valence-corrected chi connectivity index (χ0v) is 13.8. The summed E-state index contributed by atoms with van der Waals surface area (Å²) in [6.45, 7) is 0. The molecule has 0 spiro atoms. The largest absolute Gasteiger partial charge is 0.379 e. The molecule has 0 aliphatic heterocycles. The van der Waals surface area contributed by atoms with E-state index in [9.17, 15) is 28.6 Å². The maximum atomic E-state index is 12.3. The highest BCUT2D eigenvalue weighted by Crippen LogP contribution is 2.28. The number of halogens is 1. The molecule has 0 fully saturated rings. The molecule has 25 heavy (non-hydrogen) atoms. The van der Waals surface area contributed by atoms with Gasteiger partial charge in [-0.05, 0) is 29.8 Å². The van der Waals surface area contributed by atoms with Crippen LogP contribution in [0.5, 0.6) is 5.75 Å². The van der Waals surface area contributed by atoms with E-state index in [2.05, 4.69) is 0 Å². The summed E-state index contributed by atoms with van der Waals surface area (Å²) in [5.74, 6) is -0.108. The van der Waals surface area contributed by atoms with Crippen LogP contribution in [0.2, 0.25) is 5.02 Å². The first-order chi connectivity index (χ1) is 11.7. The van der Waals surface area contributed by atoms with Gasteiger partial charge in [-0.3, -0.25) is 20.2 Å². The van der Waals surface area contributed by atoms with Crippen LogP contribution in [0.4, 0.5) is 5.69 Å². The molecule has 2 aromatic carbocycles. The van der Waals surface area contributed by atoms with Crippen LogP contribution in [0.25, 0.3) is 6.08 Å². The van der Waals surface area contributed by atoms with Crippen LogP contribution >= 0.6 is 11.6 Å². The Morgan fingerprint density at radius 2 is 1.80 bits per heavy atom. The molecule has 2 aromatic rings. The summed E-state index contributed by atoms with van der Waals surface area (Å²) >= 11 is 5.64. The predicted molar refractivity (Wildman–Crippen MR) is 88.4 cm³/mol. The van der Waals surface area contributed by atoms with Gasteiger partial charge in [0.25, 0.3) is 5.69 Å². The summed E-state index contributed by atoms with van der Waals surface area (Å²) in [6.07, 6.45) is 1.85. The molecule has 0 saturated carbocycles. The van der Waals surface area contributed by atoms with Crippen molar-refractivity contribution in [2.45, 2.75) is 4.90 Å². The first-order valence-electron chi connectivity index (χ1n) is 6.49. The molecule has 9 nitrogen and oxygen atoms in total. The standard InChI is InChI=1S/C14H9ClN2O7S/c15-13-5-4-12(9-14(13)17(20)21)25(22,23)24-11-3-1-2-10(8-11)6-7-16(18)19/h1-9H. The summed E-state index contributed by atoms with van der Waals surface area (Å²) in [5, 5.41) is 21.0. The van der Waals surface area contributed by atoms with E-state index >= 15 is 0 Å². The van der Waals surface area contributed by atoms with Gasteiger partial charge in [0.15, 0.2) is 0 Å². The molecule has 0 N–H and O–H groups in total. The Kier molecular flexibility index (Phi) is 5.35. The molecule has 0 aliphatic rings. The fourth-order valence-corrected chi connectivity index (χ4v) is 2.91. The van der Waals surface area contributed by atoms with Gasteiger partial charge < -0.3 is 4.18 Å². The zero-order chi connectivity index (χ0) is 18.6. The van der Waals surface area contributed by atoms with Crippen molar-refractivity contribution in [2.75, 3.05) is 0 Å². The van der Waals surface area contributed by atoms with Crippen LogP contribution in [0.3, 0.4) is 0 Å². The SMILES string of the molecule is O=[N+]([O-])C=Cc1cccc(OS(=O)(=O)c2ccc(Cl)c([N+](=O)[O-])c2)c1. The van der Waals surface area contributed by atoms with E-state index in [1.165, 1.54) is 24.3 Å². The normalized spacial score (nSPS) is 11.4. The van der Waals surface area contributed by atoms with Gasteiger partial charge in [0, 0.05) is 12.1 Å². The molecule has 0 radical (unpaired) electrons. The highest BCUT2D eigenvalue weighted by Gasteiger charge is 2.22. The van der Waals surface area contributed by atoms with Crippen molar-refractivity contribution in [1.82, 2.24) is 0 Å². The maximum Gasteiger partial charge on any atom is 0.339 e. The first kappa shape index (κ1) is 18.4. The highest BCUT2D eigenvalue weighted by atomic mass is 35.5. The zero-order valence-electron chi connectivity index (χ0n) is 12.2. The molecule has 0 unspecified atom stereocenters. The Hall–Kier alpha value is -2.98. The lowest BCUT2D eigenvalue weighted by Crippen LogP contribution is -2.10. The van der Waals surface area contributed by atoms with E-state index in [1.807, 2.05) is 0 Å². The lowest BCUT2D eigenvalue weighted by Gasteiger charge is -2.08. The fourth-order valence-electron chi connectivity index (χ4n) is 1.78. The highest BCUT2D eigenvalue weighted by molar-refractivity contribution is 7.87. The van der Waals surface area contributed by atoms with Crippen LogP contribution in [0.15, 0.2) is 53.6 Å². The van der Waals surface area contributed by atoms with Crippen molar-refractivity contribution >= 4 is 33.5 Å². The number of hydrogen-bond donors (Lipinski definition) is 0. The fraction of sp³-hybridized carbons (Fsp3) is 0. The smallest absolute Gasteiger partial charge is 0.339 e. The second-order valence-electron chi connectivity index (χ2n) is 4.58. The van der Waals surface area contributed by atoms with E-state index in [1.54, 1.807) is 0 Å². The predicted octanol–water partition coefficient (Wildman–Crippen LogP) is 3.26. The Labute approximate surface area is 146 Å². The van der Waals surface area contributed by atoms with Gasteiger partial charge >= 0.3 is 10.1 Å². The molecule has 0 amide bonds.